The van der Waals surface area contributed by atoms with Gasteiger partial charge in [0.1, 0.15) is 12.6 Å². The quantitative estimate of drug-likeness (QED) is 0.311. The van der Waals surface area contributed by atoms with Crippen molar-refractivity contribution in [1.29, 1.82) is 0 Å². The number of hydrogen-bond donors (Lipinski definition) is 1. The number of benzene rings is 3. The van der Waals surface area contributed by atoms with Crippen LogP contribution in [-0.2, 0) is 32.6 Å². The van der Waals surface area contributed by atoms with Crippen LogP contribution in [0.2, 0.25) is 15.1 Å². The summed E-state index contributed by atoms with van der Waals surface area (Å²) < 4.78 is 26.8. The third-order valence-electron chi connectivity index (χ3n) is 6.16. The van der Waals surface area contributed by atoms with Crippen molar-refractivity contribution < 1.29 is 18.0 Å². The van der Waals surface area contributed by atoms with Crippen LogP contribution in [0.4, 0.5) is 5.69 Å². The smallest absolute Gasteiger partial charge is 0.244 e. The lowest BCUT2D eigenvalue weighted by Crippen LogP contribution is -2.53. The zero-order chi connectivity index (χ0) is 28.7. The van der Waals surface area contributed by atoms with Crippen LogP contribution in [0.5, 0.6) is 0 Å². The maximum atomic E-state index is 14.0. The summed E-state index contributed by atoms with van der Waals surface area (Å²) in [6.07, 6.45) is 1.23. The maximum absolute atomic E-state index is 14.0. The summed E-state index contributed by atoms with van der Waals surface area (Å²) in [6, 6.07) is 18.0. The second kappa shape index (κ2) is 13.5. The number of nitrogens with zero attached hydrogens (tertiary/aromatic N) is 2. The van der Waals surface area contributed by atoms with Crippen LogP contribution in [0, 0.1) is 6.92 Å². The summed E-state index contributed by atoms with van der Waals surface area (Å²) in [5.41, 5.74) is 2.18. The highest BCUT2D eigenvalue weighted by Gasteiger charge is 2.33. The second-order valence-electron chi connectivity index (χ2n) is 9.01. The molecule has 0 spiro atoms. The standard InChI is InChI=1S/C28H30Cl3N3O4S/c1-4-32-28(36)26(15-20-9-6-5-7-10-20)33(17-21-13-14-22(29)16-24(21)31)27(35)18-34(39(3,37)38)25-12-8-11-23(30)19(25)2/h5-14,16,26H,4,15,17-18H2,1-3H3,(H,32,36)/t26-/m0/s1. The number of sulfonamides is 1. The van der Waals surface area contributed by atoms with E-state index in [1.54, 1.807) is 50.2 Å². The average Bonchev–Trinajstić information content (AvgIpc) is 2.87. The SMILES string of the molecule is CCNC(=O)[C@H](Cc1ccccc1)N(Cc1ccc(Cl)cc1Cl)C(=O)CN(c1cccc(Cl)c1C)S(C)(=O)=O. The van der Waals surface area contributed by atoms with E-state index in [2.05, 4.69) is 5.32 Å². The fourth-order valence-corrected chi connectivity index (χ4v) is 5.68. The van der Waals surface area contributed by atoms with Crippen molar-refractivity contribution in [3.8, 4) is 0 Å². The molecule has 2 amide bonds. The van der Waals surface area contributed by atoms with E-state index in [9.17, 15) is 18.0 Å². The van der Waals surface area contributed by atoms with E-state index in [4.69, 9.17) is 34.8 Å². The fraction of sp³-hybridized carbons (Fsp3) is 0.286. The Morgan fingerprint density at radius 1 is 0.949 bits per heavy atom. The molecule has 0 bridgehead atoms. The normalized spacial score (nSPS) is 12.1. The molecule has 3 aromatic carbocycles. The Kier molecular flexibility index (Phi) is 10.7. The Balaban J connectivity index is 2.09. The summed E-state index contributed by atoms with van der Waals surface area (Å²) in [6.45, 7) is 3.22. The first-order valence-corrected chi connectivity index (χ1v) is 15.2. The third kappa shape index (κ3) is 8.11. The first-order valence-electron chi connectivity index (χ1n) is 12.2. The van der Waals surface area contributed by atoms with Crippen molar-refractivity contribution in [3.63, 3.8) is 0 Å². The number of rotatable bonds is 11. The lowest BCUT2D eigenvalue weighted by Gasteiger charge is -2.34. The first kappa shape index (κ1) is 30.8. The molecule has 1 N–H and O–H groups in total. The van der Waals surface area contributed by atoms with E-state index < -0.39 is 28.5 Å². The predicted octanol–water partition coefficient (Wildman–Crippen LogP) is 5.50. The minimum atomic E-state index is -3.90. The van der Waals surface area contributed by atoms with Gasteiger partial charge in [-0.15, -0.1) is 0 Å². The van der Waals surface area contributed by atoms with Crippen molar-refractivity contribution in [2.24, 2.45) is 0 Å². The molecule has 0 aliphatic rings. The number of hydrogen-bond acceptors (Lipinski definition) is 4. The van der Waals surface area contributed by atoms with Gasteiger partial charge in [-0.25, -0.2) is 8.42 Å². The summed E-state index contributed by atoms with van der Waals surface area (Å²) >= 11 is 18.8. The summed E-state index contributed by atoms with van der Waals surface area (Å²) in [7, 11) is -3.90. The molecule has 208 valence electrons. The van der Waals surface area contributed by atoms with E-state index in [1.165, 1.54) is 4.90 Å². The van der Waals surface area contributed by atoms with Gasteiger partial charge in [0.05, 0.1) is 11.9 Å². The summed E-state index contributed by atoms with van der Waals surface area (Å²) in [5, 5.41) is 3.91. The lowest BCUT2D eigenvalue weighted by molar-refractivity contribution is -0.140. The van der Waals surface area contributed by atoms with E-state index in [1.807, 2.05) is 30.3 Å². The Morgan fingerprint density at radius 2 is 1.64 bits per heavy atom. The van der Waals surface area contributed by atoms with Gasteiger partial charge in [0, 0.05) is 34.6 Å². The second-order valence-corrected chi connectivity index (χ2v) is 12.2. The van der Waals surface area contributed by atoms with Crippen molar-refractivity contribution in [1.82, 2.24) is 10.2 Å². The number of carbonyl (C=O) groups is 2. The number of carbonyl (C=O) groups excluding carboxylic acids is 2. The molecule has 0 aliphatic carbocycles. The molecular weight excluding hydrogens is 581 g/mol. The van der Waals surface area contributed by atoms with Gasteiger partial charge in [-0.3, -0.25) is 13.9 Å². The van der Waals surface area contributed by atoms with Gasteiger partial charge in [-0.1, -0.05) is 77.3 Å². The Hall–Kier alpha value is -2.78. The largest absolute Gasteiger partial charge is 0.355 e. The molecule has 11 heteroatoms. The number of amides is 2. The number of nitrogens with one attached hydrogen (secondary N) is 1. The van der Waals surface area contributed by atoms with Crippen molar-refractivity contribution in [3.05, 3.63) is 98.5 Å². The first-order chi connectivity index (χ1) is 18.4. The van der Waals surface area contributed by atoms with Crippen LogP contribution < -0.4 is 9.62 Å². The van der Waals surface area contributed by atoms with Crippen molar-refractivity contribution in [2.45, 2.75) is 32.9 Å². The molecule has 0 fully saturated rings. The van der Waals surface area contributed by atoms with Crippen LogP contribution >= 0.6 is 34.8 Å². The van der Waals surface area contributed by atoms with Crippen LogP contribution in [0.15, 0.2) is 66.7 Å². The van der Waals surface area contributed by atoms with Crippen LogP contribution in [0.1, 0.15) is 23.6 Å². The highest BCUT2D eigenvalue weighted by atomic mass is 35.5. The van der Waals surface area contributed by atoms with E-state index >= 15 is 0 Å². The highest BCUT2D eigenvalue weighted by molar-refractivity contribution is 7.92. The molecule has 0 aliphatic heterocycles. The number of anilines is 1. The molecule has 1 atom stereocenters. The van der Waals surface area contributed by atoms with Gasteiger partial charge in [-0.05, 0) is 54.8 Å². The zero-order valence-corrected chi connectivity index (χ0v) is 24.9. The molecule has 0 heterocycles. The van der Waals surface area contributed by atoms with E-state index in [-0.39, 0.29) is 24.6 Å². The zero-order valence-electron chi connectivity index (χ0n) is 21.8. The minimum absolute atomic E-state index is 0.0460. The van der Waals surface area contributed by atoms with Gasteiger partial charge < -0.3 is 10.2 Å². The Morgan fingerprint density at radius 3 is 2.26 bits per heavy atom. The molecule has 3 aromatic rings. The molecule has 39 heavy (non-hydrogen) atoms. The van der Waals surface area contributed by atoms with Crippen LogP contribution in [0.25, 0.3) is 0 Å². The summed E-state index contributed by atoms with van der Waals surface area (Å²) in [5.74, 6) is -0.956. The molecule has 7 nitrogen and oxygen atoms in total. The average molecular weight is 611 g/mol. The molecule has 0 saturated carbocycles. The minimum Gasteiger partial charge on any atom is -0.355 e. The van der Waals surface area contributed by atoms with Crippen LogP contribution in [0.3, 0.4) is 0 Å². The van der Waals surface area contributed by atoms with Gasteiger partial charge in [-0.2, -0.15) is 0 Å². The van der Waals surface area contributed by atoms with Crippen molar-refractivity contribution >= 4 is 62.3 Å². The predicted molar refractivity (Wildman–Crippen MR) is 158 cm³/mol. The Bertz CT molecular complexity index is 1440. The number of likely N-dealkylation sites (N-methyl/N-ethyl adjacent to an activating group) is 1. The molecule has 0 unspecified atom stereocenters. The third-order valence-corrected chi connectivity index (χ3v) is 8.29. The van der Waals surface area contributed by atoms with Gasteiger partial charge in [0.15, 0.2) is 0 Å². The lowest BCUT2D eigenvalue weighted by atomic mass is 10.0. The molecule has 0 aromatic heterocycles. The highest BCUT2D eigenvalue weighted by Crippen LogP contribution is 2.29. The molecular formula is C28H30Cl3N3O4S. The number of halogens is 3. The summed E-state index contributed by atoms with van der Waals surface area (Å²) in [4.78, 5) is 28.8. The fourth-order valence-electron chi connectivity index (χ4n) is 4.14. The maximum Gasteiger partial charge on any atom is 0.244 e. The van der Waals surface area contributed by atoms with E-state index in [0.717, 1.165) is 16.1 Å². The van der Waals surface area contributed by atoms with Crippen LogP contribution in [-0.4, -0.2) is 50.5 Å². The Labute approximate surface area is 244 Å². The van der Waals surface area contributed by atoms with Gasteiger partial charge in [0.25, 0.3) is 0 Å². The monoisotopic (exact) mass is 609 g/mol. The topological polar surface area (TPSA) is 86.8 Å². The van der Waals surface area contributed by atoms with Crippen molar-refractivity contribution in [2.75, 3.05) is 23.7 Å². The van der Waals surface area contributed by atoms with Gasteiger partial charge >= 0.3 is 0 Å². The molecule has 0 radical (unpaired) electrons. The molecule has 3 rings (SSSR count). The van der Waals surface area contributed by atoms with E-state index in [0.29, 0.717) is 32.7 Å². The van der Waals surface area contributed by atoms with Gasteiger partial charge in [0.2, 0.25) is 21.8 Å². The molecule has 0 saturated heterocycles.